The SMILES string of the molecule is CN(C)C1CCc2oc3ccc(NC(=O)c4ccccc4Cl)cc3c2C1. The monoisotopic (exact) mass is 368 g/mol. The molecule has 3 aromatic rings. The molecule has 0 radical (unpaired) electrons. The summed E-state index contributed by atoms with van der Waals surface area (Å²) in [5.74, 6) is 0.867. The fourth-order valence-corrected chi connectivity index (χ4v) is 3.84. The first-order valence-corrected chi connectivity index (χ1v) is 9.17. The molecule has 0 saturated carbocycles. The number of likely N-dealkylation sites (N-methyl/N-ethyl adjacent to an activating group) is 1. The van der Waals surface area contributed by atoms with Gasteiger partial charge < -0.3 is 14.6 Å². The van der Waals surface area contributed by atoms with Gasteiger partial charge in [0.25, 0.3) is 5.91 Å². The van der Waals surface area contributed by atoms with Crippen molar-refractivity contribution < 1.29 is 9.21 Å². The maximum Gasteiger partial charge on any atom is 0.257 e. The van der Waals surface area contributed by atoms with E-state index in [9.17, 15) is 4.79 Å². The summed E-state index contributed by atoms with van der Waals surface area (Å²) in [4.78, 5) is 14.8. The molecule has 0 bridgehead atoms. The zero-order chi connectivity index (χ0) is 18.3. The Morgan fingerprint density at radius 2 is 2.04 bits per heavy atom. The molecule has 1 aliphatic rings. The average Bonchev–Trinajstić information content (AvgIpc) is 2.99. The molecular formula is C21H21ClN2O2. The molecule has 5 heteroatoms. The fraction of sp³-hybridized carbons (Fsp3) is 0.286. The van der Waals surface area contributed by atoms with Crippen LogP contribution in [0.4, 0.5) is 5.69 Å². The highest BCUT2D eigenvalue weighted by Crippen LogP contribution is 2.34. The molecule has 1 amide bonds. The first-order chi connectivity index (χ1) is 12.5. The number of furan rings is 1. The van der Waals surface area contributed by atoms with Crippen molar-refractivity contribution >= 4 is 34.2 Å². The molecule has 0 saturated heterocycles. The van der Waals surface area contributed by atoms with Crippen molar-refractivity contribution in [3.63, 3.8) is 0 Å². The predicted octanol–water partition coefficient (Wildman–Crippen LogP) is 4.76. The number of hydrogen-bond donors (Lipinski definition) is 1. The van der Waals surface area contributed by atoms with Crippen molar-refractivity contribution in [3.8, 4) is 0 Å². The molecule has 1 aliphatic carbocycles. The Labute approximate surface area is 157 Å². The van der Waals surface area contributed by atoms with E-state index in [2.05, 4.69) is 24.3 Å². The summed E-state index contributed by atoms with van der Waals surface area (Å²) in [5, 5.41) is 4.48. The summed E-state index contributed by atoms with van der Waals surface area (Å²) in [7, 11) is 4.24. The van der Waals surface area contributed by atoms with Gasteiger partial charge in [-0.2, -0.15) is 0 Å². The number of rotatable bonds is 3. The molecule has 0 fully saturated rings. The zero-order valence-electron chi connectivity index (χ0n) is 14.9. The molecule has 26 heavy (non-hydrogen) atoms. The molecule has 0 aliphatic heterocycles. The molecule has 0 spiro atoms. The van der Waals surface area contributed by atoms with E-state index in [4.69, 9.17) is 16.0 Å². The van der Waals surface area contributed by atoms with Gasteiger partial charge in [-0.25, -0.2) is 0 Å². The number of nitrogens with one attached hydrogen (secondary N) is 1. The van der Waals surface area contributed by atoms with Gasteiger partial charge in [0.2, 0.25) is 0 Å². The molecule has 4 nitrogen and oxygen atoms in total. The van der Waals surface area contributed by atoms with Gasteiger partial charge in [-0.1, -0.05) is 23.7 Å². The van der Waals surface area contributed by atoms with Crippen LogP contribution in [-0.2, 0) is 12.8 Å². The first kappa shape index (κ1) is 17.1. The highest BCUT2D eigenvalue weighted by molar-refractivity contribution is 6.34. The molecule has 1 N–H and O–H groups in total. The van der Waals surface area contributed by atoms with Crippen LogP contribution in [0.15, 0.2) is 46.9 Å². The van der Waals surface area contributed by atoms with Gasteiger partial charge in [0, 0.05) is 29.1 Å². The average molecular weight is 369 g/mol. The van der Waals surface area contributed by atoms with Crippen molar-refractivity contribution in [2.45, 2.75) is 25.3 Å². The summed E-state index contributed by atoms with van der Waals surface area (Å²) in [6.45, 7) is 0. The lowest BCUT2D eigenvalue weighted by molar-refractivity contribution is 0.102. The van der Waals surface area contributed by atoms with Crippen LogP contribution in [0, 0.1) is 0 Å². The number of amides is 1. The van der Waals surface area contributed by atoms with Crippen LogP contribution in [0.25, 0.3) is 11.0 Å². The topological polar surface area (TPSA) is 45.5 Å². The second-order valence-corrected chi connectivity index (χ2v) is 7.42. The maximum atomic E-state index is 12.5. The Balaban J connectivity index is 1.65. The Kier molecular flexibility index (Phi) is 4.47. The number of anilines is 1. The van der Waals surface area contributed by atoms with Crippen LogP contribution in [0.5, 0.6) is 0 Å². The van der Waals surface area contributed by atoms with E-state index in [1.165, 1.54) is 5.56 Å². The van der Waals surface area contributed by atoms with E-state index >= 15 is 0 Å². The Morgan fingerprint density at radius 3 is 2.81 bits per heavy atom. The minimum absolute atomic E-state index is 0.210. The summed E-state index contributed by atoms with van der Waals surface area (Å²) in [6, 6.07) is 13.4. The highest BCUT2D eigenvalue weighted by Gasteiger charge is 2.25. The van der Waals surface area contributed by atoms with Crippen molar-refractivity contribution in [1.29, 1.82) is 0 Å². The zero-order valence-corrected chi connectivity index (χ0v) is 15.6. The minimum Gasteiger partial charge on any atom is -0.461 e. The minimum atomic E-state index is -0.210. The van der Waals surface area contributed by atoms with Gasteiger partial charge in [0.05, 0.1) is 10.6 Å². The van der Waals surface area contributed by atoms with Crippen LogP contribution in [0.1, 0.15) is 28.1 Å². The third-order valence-corrected chi connectivity index (χ3v) is 5.46. The fourth-order valence-electron chi connectivity index (χ4n) is 3.62. The van der Waals surface area contributed by atoms with E-state index in [1.54, 1.807) is 18.2 Å². The van der Waals surface area contributed by atoms with Gasteiger partial charge in [-0.15, -0.1) is 0 Å². The molecule has 2 aromatic carbocycles. The molecular weight excluding hydrogens is 348 g/mol. The number of benzene rings is 2. The van der Waals surface area contributed by atoms with Gasteiger partial charge in [0.15, 0.2) is 0 Å². The molecule has 1 aromatic heterocycles. The number of hydrogen-bond acceptors (Lipinski definition) is 3. The molecule has 134 valence electrons. The van der Waals surface area contributed by atoms with Gasteiger partial charge in [0.1, 0.15) is 11.3 Å². The normalized spacial score (nSPS) is 16.7. The lowest BCUT2D eigenvalue weighted by Gasteiger charge is -2.27. The van der Waals surface area contributed by atoms with Gasteiger partial charge in [-0.3, -0.25) is 4.79 Å². The quantitative estimate of drug-likeness (QED) is 0.725. The predicted molar refractivity (Wildman–Crippen MR) is 105 cm³/mol. The summed E-state index contributed by atoms with van der Waals surface area (Å²) >= 11 is 6.12. The largest absolute Gasteiger partial charge is 0.461 e. The van der Waals surface area contributed by atoms with E-state index in [1.807, 2.05) is 24.3 Å². The van der Waals surface area contributed by atoms with Crippen LogP contribution in [0.3, 0.4) is 0 Å². The summed E-state index contributed by atoms with van der Waals surface area (Å²) in [6.07, 6.45) is 3.03. The van der Waals surface area contributed by atoms with Gasteiger partial charge in [-0.05, 0) is 57.3 Å². The third-order valence-electron chi connectivity index (χ3n) is 5.13. The summed E-state index contributed by atoms with van der Waals surface area (Å²) in [5.41, 5.74) is 3.36. The number of carbonyl (C=O) groups excluding carboxylic acids is 1. The van der Waals surface area contributed by atoms with E-state index in [-0.39, 0.29) is 5.91 Å². The molecule has 1 atom stereocenters. The molecule has 1 heterocycles. The smallest absolute Gasteiger partial charge is 0.257 e. The highest BCUT2D eigenvalue weighted by atomic mass is 35.5. The number of halogens is 1. The molecule has 4 rings (SSSR count). The van der Waals surface area contributed by atoms with E-state index in [0.29, 0.717) is 16.6 Å². The Bertz CT molecular complexity index is 977. The van der Waals surface area contributed by atoms with Crippen LogP contribution < -0.4 is 5.32 Å². The second-order valence-electron chi connectivity index (χ2n) is 7.01. The second kappa shape index (κ2) is 6.78. The number of aryl methyl sites for hydroxylation is 1. The third kappa shape index (κ3) is 3.11. The van der Waals surface area contributed by atoms with Crippen molar-refractivity contribution in [2.24, 2.45) is 0 Å². The van der Waals surface area contributed by atoms with Crippen LogP contribution >= 0.6 is 11.6 Å². The van der Waals surface area contributed by atoms with E-state index in [0.717, 1.165) is 41.7 Å². The van der Waals surface area contributed by atoms with Crippen LogP contribution in [0.2, 0.25) is 5.02 Å². The van der Waals surface area contributed by atoms with Crippen LogP contribution in [-0.4, -0.2) is 30.9 Å². The molecule has 1 unspecified atom stereocenters. The number of fused-ring (bicyclic) bond motifs is 3. The lowest BCUT2D eigenvalue weighted by atomic mass is 9.91. The Morgan fingerprint density at radius 1 is 1.23 bits per heavy atom. The van der Waals surface area contributed by atoms with Crippen molar-refractivity contribution in [1.82, 2.24) is 4.90 Å². The number of nitrogens with zero attached hydrogens (tertiary/aromatic N) is 1. The first-order valence-electron chi connectivity index (χ1n) is 8.79. The number of carbonyl (C=O) groups is 1. The van der Waals surface area contributed by atoms with Crippen molar-refractivity contribution in [3.05, 3.63) is 64.4 Å². The summed E-state index contributed by atoms with van der Waals surface area (Å²) < 4.78 is 6.03. The van der Waals surface area contributed by atoms with Crippen molar-refractivity contribution in [2.75, 3.05) is 19.4 Å². The lowest BCUT2D eigenvalue weighted by Crippen LogP contribution is -2.33. The Hall–Kier alpha value is -2.30. The van der Waals surface area contributed by atoms with E-state index < -0.39 is 0 Å². The maximum absolute atomic E-state index is 12.5. The van der Waals surface area contributed by atoms with Gasteiger partial charge >= 0.3 is 0 Å². The standard InChI is InChI=1S/C21H21ClN2O2/c1-24(2)14-8-10-20-17(12-14)16-11-13(7-9-19(16)26-20)23-21(25)15-5-3-4-6-18(15)22/h3-7,9,11,14H,8,10,12H2,1-2H3,(H,23,25).